The Morgan fingerprint density at radius 2 is 1.92 bits per heavy atom. The Morgan fingerprint density at radius 1 is 1.24 bits per heavy atom. The number of benzene rings is 1. The second-order valence-electron chi connectivity index (χ2n) is 5.72. The Kier molecular flexibility index (Phi) is 6.33. The van der Waals surface area contributed by atoms with Crippen LogP contribution in [0.25, 0.3) is 0 Å². The number of carbonyl (C=O) groups excluding carboxylic acids is 1. The highest BCUT2D eigenvalue weighted by atomic mass is 32.2. The smallest absolute Gasteiger partial charge is 0.303 e. The monoisotopic (exact) mass is 381 g/mol. The van der Waals surface area contributed by atoms with E-state index in [1.54, 1.807) is 0 Å². The molecule has 8 heteroatoms. The van der Waals surface area contributed by atoms with Crippen LogP contribution in [0.15, 0.2) is 46.0 Å². The zero-order valence-electron chi connectivity index (χ0n) is 13.6. The predicted molar refractivity (Wildman–Crippen MR) is 95.7 cm³/mol. The van der Waals surface area contributed by atoms with Crippen LogP contribution >= 0.6 is 11.3 Å². The third-order valence-electron chi connectivity index (χ3n) is 3.57. The maximum atomic E-state index is 12.4. The Hall–Kier alpha value is -2.19. The highest BCUT2D eigenvalue weighted by molar-refractivity contribution is 7.92. The molecule has 6 nitrogen and oxygen atoms in total. The van der Waals surface area contributed by atoms with Gasteiger partial charge in [-0.3, -0.25) is 9.59 Å². The summed E-state index contributed by atoms with van der Waals surface area (Å²) in [5, 5.41) is 13.2. The first-order valence-corrected chi connectivity index (χ1v) is 10.4. The van der Waals surface area contributed by atoms with Crippen molar-refractivity contribution in [1.82, 2.24) is 5.32 Å². The van der Waals surface area contributed by atoms with Crippen molar-refractivity contribution in [2.24, 2.45) is 0 Å². The van der Waals surface area contributed by atoms with Gasteiger partial charge < -0.3 is 10.4 Å². The number of nitrogens with one attached hydrogen (secondary N) is 1. The predicted octanol–water partition coefficient (Wildman–Crippen LogP) is 2.36. The molecule has 134 valence electrons. The van der Waals surface area contributed by atoms with Crippen molar-refractivity contribution in [3.05, 3.63) is 52.9 Å². The molecule has 0 saturated carbocycles. The van der Waals surface area contributed by atoms with Crippen LogP contribution < -0.4 is 5.32 Å². The van der Waals surface area contributed by atoms with Gasteiger partial charge in [-0.1, -0.05) is 30.3 Å². The van der Waals surface area contributed by atoms with E-state index in [0.717, 1.165) is 23.2 Å². The van der Waals surface area contributed by atoms with Crippen LogP contribution in [0, 0.1) is 0 Å². The molecule has 1 unspecified atom stereocenters. The number of hydrogen-bond donors (Lipinski definition) is 2. The molecule has 0 saturated heterocycles. The Morgan fingerprint density at radius 3 is 2.48 bits per heavy atom. The summed E-state index contributed by atoms with van der Waals surface area (Å²) < 4.78 is 23.2. The van der Waals surface area contributed by atoms with Crippen molar-refractivity contribution in [2.45, 2.75) is 29.5 Å². The van der Waals surface area contributed by atoms with Crippen molar-refractivity contribution < 1.29 is 23.1 Å². The van der Waals surface area contributed by atoms with Gasteiger partial charge in [-0.2, -0.15) is 0 Å². The van der Waals surface area contributed by atoms with Gasteiger partial charge in [0.25, 0.3) is 5.91 Å². The average molecular weight is 381 g/mol. The Labute approximate surface area is 150 Å². The maximum absolute atomic E-state index is 12.4. The fourth-order valence-electron chi connectivity index (χ4n) is 2.32. The summed E-state index contributed by atoms with van der Waals surface area (Å²) in [5.41, 5.74) is 1.25. The molecule has 0 aliphatic rings. The Bertz CT molecular complexity index is 843. The largest absolute Gasteiger partial charge is 0.481 e. The highest BCUT2D eigenvalue weighted by Gasteiger charge is 2.19. The van der Waals surface area contributed by atoms with Gasteiger partial charge in [0, 0.05) is 24.1 Å². The molecule has 0 aliphatic carbocycles. The van der Waals surface area contributed by atoms with Crippen LogP contribution in [-0.2, 0) is 21.1 Å². The molecule has 1 aromatic carbocycles. The van der Waals surface area contributed by atoms with Crippen molar-refractivity contribution in [3.63, 3.8) is 0 Å². The molecular weight excluding hydrogens is 362 g/mol. The van der Waals surface area contributed by atoms with E-state index in [4.69, 9.17) is 5.11 Å². The van der Waals surface area contributed by atoms with E-state index in [0.29, 0.717) is 12.8 Å². The van der Waals surface area contributed by atoms with Gasteiger partial charge in [-0.05, 0) is 24.5 Å². The zero-order chi connectivity index (χ0) is 18.4. The molecule has 1 amide bonds. The van der Waals surface area contributed by atoms with Crippen LogP contribution in [0.3, 0.4) is 0 Å². The standard InChI is InChI=1S/C17H19NO5S2/c1-25(22,23)16-10-13(11-24-16)17(21)18-14(7-8-15(19)20)9-12-5-3-2-4-6-12/h2-6,10-11,14H,7-9H2,1H3,(H,18,21)(H,19,20). The van der Waals surface area contributed by atoms with Crippen LogP contribution in [0.5, 0.6) is 0 Å². The number of carboxylic acid groups (broad SMARTS) is 1. The topological polar surface area (TPSA) is 101 Å². The van der Waals surface area contributed by atoms with Crippen LogP contribution in [0.4, 0.5) is 0 Å². The number of carbonyl (C=O) groups is 2. The quantitative estimate of drug-likeness (QED) is 0.731. The van der Waals surface area contributed by atoms with E-state index >= 15 is 0 Å². The van der Waals surface area contributed by atoms with Gasteiger partial charge in [0.1, 0.15) is 4.21 Å². The lowest BCUT2D eigenvalue weighted by Crippen LogP contribution is -2.36. The van der Waals surface area contributed by atoms with Gasteiger partial charge >= 0.3 is 5.97 Å². The molecule has 0 bridgehead atoms. The second kappa shape index (κ2) is 8.26. The average Bonchev–Trinajstić information content (AvgIpc) is 3.04. The van der Waals surface area contributed by atoms with E-state index in [1.165, 1.54) is 11.4 Å². The Balaban J connectivity index is 2.10. The minimum Gasteiger partial charge on any atom is -0.481 e. The maximum Gasteiger partial charge on any atom is 0.303 e. The van der Waals surface area contributed by atoms with Crippen LogP contribution in [-0.4, -0.2) is 37.7 Å². The molecule has 0 fully saturated rings. The first kappa shape index (κ1) is 19.1. The minimum atomic E-state index is -3.35. The third kappa shape index (κ3) is 5.99. The first-order chi connectivity index (χ1) is 11.8. The fraction of sp³-hybridized carbons (Fsp3) is 0.294. The molecule has 1 heterocycles. The van der Waals surface area contributed by atoms with E-state index in [9.17, 15) is 18.0 Å². The normalized spacial score (nSPS) is 12.5. The molecule has 1 atom stereocenters. The molecule has 0 aliphatic heterocycles. The summed E-state index contributed by atoms with van der Waals surface area (Å²) in [6.07, 6.45) is 1.82. The number of aliphatic carboxylic acids is 1. The number of rotatable bonds is 8. The highest BCUT2D eigenvalue weighted by Crippen LogP contribution is 2.20. The van der Waals surface area contributed by atoms with Gasteiger partial charge in [0.15, 0.2) is 9.84 Å². The number of thiophene rings is 1. The van der Waals surface area contributed by atoms with Crippen molar-refractivity contribution in [1.29, 1.82) is 0 Å². The molecule has 25 heavy (non-hydrogen) atoms. The summed E-state index contributed by atoms with van der Waals surface area (Å²) in [4.78, 5) is 23.2. The number of carboxylic acids is 1. The lowest BCUT2D eigenvalue weighted by Gasteiger charge is -2.18. The molecule has 2 aromatic rings. The van der Waals surface area contributed by atoms with Crippen molar-refractivity contribution in [3.8, 4) is 0 Å². The number of hydrogen-bond acceptors (Lipinski definition) is 5. The van der Waals surface area contributed by atoms with Gasteiger partial charge in [0.2, 0.25) is 0 Å². The number of sulfone groups is 1. The second-order valence-corrected chi connectivity index (χ2v) is 8.87. The van der Waals surface area contributed by atoms with Gasteiger partial charge in [0.05, 0.1) is 5.56 Å². The van der Waals surface area contributed by atoms with E-state index < -0.39 is 21.7 Å². The molecular formula is C17H19NO5S2. The SMILES string of the molecule is CS(=O)(=O)c1cc(C(=O)NC(CCC(=O)O)Cc2ccccc2)cs1. The summed E-state index contributed by atoms with van der Waals surface area (Å²) in [5.74, 6) is -1.33. The fourth-order valence-corrected chi connectivity index (χ4v) is 4.12. The summed E-state index contributed by atoms with van der Waals surface area (Å²) in [6.45, 7) is 0. The van der Waals surface area contributed by atoms with E-state index in [2.05, 4.69) is 5.32 Å². The lowest BCUT2D eigenvalue weighted by atomic mass is 10.0. The lowest BCUT2D eigenvalue weighted by molar-refractivity contribution is -0.137. The molecule has 2 rings (SSSR count). The summed E-state index contributed by atoms with van der Waals surface area (Å²) >= 11 is 0.991. The molecule has 0 radical (unpaired) electrons. The summed E-state index contributed by atoms with van der Waals surface area (Å²) in [6, 6.07) is 10.4. The number of amides is 1. The molecule has 0 spiro atoms. The van der Waals surface area contributed by atoms with E-state index in [1.807, 2.05) is 30.3 Å². The van der Waals surface area contributed by atoms with Gasteiger partial charge in [-0.25, -0.2) is 8.42 Å². The van der Waals surface area contributed by atoms with Crippen LogP contribution in [0.1, 0.15) is 28.8 Å². The van der Waals surface area contributed by atoms with Crippen molar-refractivity contribution >= 4 is 33.1 Å². The third-order valence-corrected chi connectivity index (χ3v) is 6.34. The van der Waals surface area contributed by atoms with Gasteiger partial charge in [-0.15, -0.1) is 11.3 Å². The van der Waals surface area contributed by atoms with E-state index in [-0.39, 0.29) is 22.2 Å². The summed E-state index contributed by atoms with van der Waals surface area (Å²) in [7, 11) is -3.35. The zero-order valence-corrected chi connectivity index (χ0v) is 15.3. The van der Waals surface area contributed by atoms with Crippen molar-refractivity contribution in [2.75, 3.05) is 6.26 Å². The molecule has 2 N–H and O–H groups in total. The first-order valence-electron chi connectivity index (χ1n) is 7.61. The van der Waals surface area contributed by atoms with Crippen LogP contribution in [0.2, 0.25) is 0 Å². The molecule has 1 aromatic heterocycles. The minimum absolute atomic E-state index is 0.0595.